The van der Waals surface area contributed by atoms with Crippen molar-refractivity contribution in [2.24, 2.45) is 0 Å². The molecule has 0 amide bonds. The number of hydrogen-bond acceptors (Lipinski definition) is 2. The topological polar surface area (TPSA) is 23.5 Å². The molecule has 2 rings (SSSR count). The fourth-order valence-electron chi connectivity index (χ4n) is 2.83. The average molecular weight is 340 g/mol. The van der Waals surface area contributed by atoms with Crippen LogP contribution in [0.4, 0.5) is 0 Å². The standard InChI is InChI=1S/C20H28NOP.B/c1-5-16(2)23(19-14-10-7-11-15-19)21(4)17(3)20(22)18-12-8-6-9-13-18;/h6-17,20,22H,5H2,1-4H3;/t16?,17-,20-,23-;/m1./s1. The number of hydrogen-bond donors (Lipinski definition) is 1. The second-order valence-corrected chi connectivity index (χ2v) is 8.83. The first-order valence-electron chi connectivity index (χ1n) is 8.36. The summed E-state index contributed by atoms with van der Waals surface area (Å²) < 4.78 is 2.39. The molecule has 0 aromatic heterocycles. The summed E-state index contributed by atoms with van der Waals surface area (Å²) in [4.78, 5) is 0. The lowest BCUT2D eigenvalue weighted by atomic mass is 10.0. The molecular weight excluding hydrogens is 312 g/mol. The van der Waals surface area contributed by atoms with Crippen molar-refractivity contribution in [3.63, 3.8) is 0 Å². The highest BCUT2D eigenvalue weighted by Crippen LogP contribution is 2.47. The molecule has 0 saturated carbocycles. The first-order valence-corrected chi connectivity index (χ1v) is 9.72. The van der Waals surface area contributed by atoms with Gasteiger partial charge < -0.3 is 5.11 Å². The van der Waals surface area contributed by atoms with Crippen molar-refractivity contribution in [3.8, 4) is 0 Å². The highest BCUT2D eigenvalue weighted by atomic mass is 31.1. The van der Waals surface area contributed by atoms with E-state index in [9.17, 15) is 5.11 Å². The molecule has 0 saturated heterocycles. The summed E-state index contributed by atoms with van der Waals surface area (Å²) >= 11 is 0. The normalized spacial score (nSPS) is 16.1. The Kier molecular flexibility index (Phi) is 8.69. The second kappa shape index (κ2) is 9.98. The number of aliphatic hydroxyl groups is 1. The molecule has 0 aliphatic carbocycles. The molecule has 3 radical (unpaired) electrons. The van der Waals surface area contributed by atoms with E-state index in [0.717, 1.165) is 12.0 Å². The maximum absolute atomic E-state index is 10.8. The Morgan fingerprint density at radius 3 is 1.96 bits per heavy atom. The van der Waals surface area contributed by atoms with Crippen LogP contribution in [0.5, 0.6) is 0 Å². The summed E-state index contributed by atoms with van der Waals surface area (Å²) in [5.41, 5.74) is 1.57. The first-order chi connectivity index (χ1) is 11.1. The summed E-state index contributed by atoms with van der Waals surface area (Å²) in [7, 11) is 1.69. The molecule has 4 heteroatoms. The van der Waals surface area contributed by atoms with Gasteiger partial charge in [-0.15, -0.1) is 0 Å². The third kappa shape index (κ3) is 4.93. The maximum atomic E-state index is 10.8. The van der Waals surface area contributed by atoms with E-state index in [1.165, 1.54) is 5.30 Å². The fraction of sp³-hybridized carbons (Fsp3) is 0.400. The van der Waals surface area contributed by atoms with E-state index in [4.69, 9.17) is 0 Å². The Balaban J connectivity index is 0.00000288. The lowest BCUT2D eigenvalue weighted by molar-refractivity contribution is 0.110. The first kappa shape index (κ1) is 20.9. The molecule has 4 atom stereocenters. The Bertz CT molecular complexity index is 581. The van der Waals surface area contributed by atoms with Crippen molar-refractivity contribution in [1.29, 1.82) is 0 Å². The lowest BCUT2D eigenvalue weighted by Crippen LogP contribution is -2.35. The minimum Gasteiger partial charge on any atom is -0.387 e. The summed E-state index contributed by atoms with van der Waals surface area (Å²) in [6.45, 7) is 6.68. The van der Waals surface area contributed by atoms with Crippen LogP contribution in [0.2, 0.25) is 0 Å². The highest BCUT2D eigenvalue weighted by molar-refractivity contribution is 7.64. The molecule has 0 spiro atoms. The van der Waals surface area contributed by atoms with Gasteiger partial charge in [0.1, 0.15) is 0 Å². The Morgan fingerprint density at radius 1 is 0.958 bits per heavy atom. The van der Waals surface area contributed by atoms with Crippen LogP contribution in [0.3, 0.4) is 0 Å². The van der Waals surface area contributed by atoms with Gasteiger partial charge in [-0.3, -0.25) is 4.67 Å². The molecule has 1 unspecified atom stereocenters. The third-order valence-corrected chi connectivity index (χ3v) is 7.63. The summed E-state index contributed by atoms with van der Waals surface area (Å²) in [6, 6.07) is 20.8. The molecule has 0 aliphatic rings. The average Bonchev–Trinajstić information content (AvgIpc) is 2.62. The van der Waals surface area contributed by atoms with E-state index in [0.29, 0.717) is 5.66 Å². The molecule has 0 heterocycles. The van der Waals surface area contributed by atoms with Gasteiger partial charge in [-0.1, -0.05) is 74.5 Å². The predicted molar refractivity (Wildman–Crippen MR) is 107 cm³/mol. The van der Waals surface area contributed by atoms with E-state index in [1.807, 2.05) is 30.3 Å². The zero-order valence-corrected chi connectivity index (χ0v) is 16.0. The molecule has 0 bridgehead atoms. The molecule has 1 N–H and O–H groups in total. The SMILES string of the molecule is CCC(C)[P@](c1ccccc1)N(C)[C@H](C)[C@@H](O)c1ccccc1.[B]. The molecule has 2 aromatic rings. The predicted octanol–water partition coefficient (Wildman–Crippen LogP) is 4.18. The molecular formula is C20H28BNOP. The molecule has 2 nitrogen and oxygen atoms in total. The zero-order valence-electron chi connectivity index (χ0n) is 15.1. The van der Waals surface area contributed by atoms with Crippen LogP contribution in [0.1, 0.15) is 38.9 Å². The number of likely N-dealkylation sites (N-methyl/N-ethyl adjacent to an activating group) is 1. The van der Waals surface area contributed by atoms with Crippen LogP contribution in [-0.2, 0) is 0 Å². The second-order valence-electron chi connectivity index (χ2n) is 6.11. The number of rotatable bonds is 7. The van der Waals surface area contributed by atoms with Crippen molar-refractivity contribution in [1.82, 2.24) is 4.67 Å². The number of nitrogens with zero attached hydrogens (tertiary/aromatic N) is 1. The minimum atomic E-state index is -0.473. The number of aliphatic hydroxyl groups excluding tert-OH is 1. The molecule has 24 heavy (non-hydrogen) atoms. The van der Waals surface area contributed by atoms with Crippen molar-refractivity contribution in [2.45, 2.75) is 45.0 Å². The molecule has 2 aromatic carbocycles. The molecule has 0 aliphatic heterocycles. The van der Waals surface area contributed by atoms with Gasteiger partial charge >= 0.3 is 0 Å². The Labute approximate surface area is 150 Å². The molecule has 0 fully saturated rings. The van der Waals surface area contributed by atoms with E-state index in [1.54, 1.807) is 0 Å². The maximum Gasteiger partial charge on any atom is 0.0945 e. The van der Waals surface area contributed by atoms with Gasteiger partial charge in [0.2, 0.25) is 0 Å². The Hall–Kier alpha value is -1.15. The van der Waals surface area contributed by atoms with Gasteiger partial charge in [0.25, 0.3) is 0 Å². The monoisotopic (exact) mass is 340 g/mol. The van der Waals surface area contributed by atoms with E-state index < -0.39 is 14.2 Å². The van der Waals surface area contributed by atoms with Crippen molar-refractivity contribution >= 4 is 21.8 Å². The van der Waals surface area contributed by atoms with E-state index in [2.05, 4.69) is 62.8 Å². The summed E-state index contributed by atoms with van der Waals surface area (Å²) in [5.74, 6) is 0. The summed E-state index contributed by atoms with van der Waals surface area (Å²) in [6.07, 6.45) is 0.665. The van der Waals surface area contributed by atoms with Crippen LogP contribution in [0.15, 0.2) is 60.7 Å². The van der Waals surface area contributed by atoms with E-state index >= 15 is 0 Å². The molecule has 127 valence electrons. The largest absolute Gasteiger partial charge is 0.387 e. The number of benzene rings is 2. The van der Waals surface area contributed by atoms with Gasteiger partial charge in [-0.05, 0) is 45.0 Å². The van der Waals surface area contributed by atoms with Crippen LogP contribution in [0, 0.1) is 0 Å². The van der Waals surface area contributed by atoms with Crippen LogP contribution >= 0.6 is 8.07 Å². The van der Waals surface area contributed by atoms with Gasteiger partial charge in [-0.25, -0.2) is 0 Å². The van der Waals surface area contributed by atoms with Crippen molar-refractivity contribution in [2.75, 3.05) is 7.05 Å². The van der Waals surface area contributed by atoms with Gasteiger partial charge in [0.05, 0.1) is 6.10 Å². The Morgan fingerprint density at radius 2 is 1.46 bits per heavy atom. The quantitative estimate of drug-likeness (QED) is 0.604. The van der Waals surface area contributed by atoms with Crippen molar-refractivity contribution < 1.29 is 5.11 Å². The van der Waals surface area contributed by atoms with E-state index in [-0.39, 0.29) is 14.5 Å². The van der Waals surface area contributed by atoms with Gasteiger partial charge in [0.15, 0.2) is 0 Å². The fourth-order valence-corrected chi connectivity index (χ4v) is 5.67. The van der Waals surface area contributed by atoms with Crippen LogP contribution < -0.4 is 5.30 Å². The van der Waals surface area contributed by atoms with Crippen LogP contribution in [0.25, 0.3) is 0 Å². The van der Waals surface area contributed by atoms with Gasteiger partial charge in [-0.2, -0.15) is 0 Å². The van der Waals surface area contributed by atoms with Crippen molar-refractivity contribution in [3.05, 3.63) is 66.2 Å². The highest BCUT2D eigenvalue weighted by Gasteiger charge is 2.29. The third-order valence-electron chi connectivity index (χ3n) is 4.56. The van der Waals surface area contributed by atoms with Crippen LogP contribution in [-0.4, -0.2) is 36.9 Å². The minimum absolute atomic E-state index is 0. The summed E-state index contributed by atoms with van der Waals surface area (Å²) in [5, 5.41) is 12.2. The lowest BCUT2D eigenvalue weighted by Gasteiger charge is -2.39. The zero-order chi connectivity index (χ0) is 16.8. The van der Waals surface area contributed by atoms with Gasteiger partial charge in [0, 0.05) is 14.5 Å². The smallest absolute Gasteiger partial charge is 0.0945 e.